The Morgan fingerprint density at radius 3 is 2.29 bits per heavy atom. The van der Waals surface area contributed by atoms with Crippen LogP contribution >= 0.6 is 0 Å². The summed E-state index contributed by atoms with van der Waals surface area (Å²) >= 11 is 0. The number of hydrogen-bond donors (Lipinski definition) is 1. The maximum absolute atomic E-state index is 12.9. The number of carbonyl (C=O) groups excluding carboxylic acids is 1. The molecule has 0 spiro atoms. The van der Waals surface area contributed by atoms with E-state index in [0.29, 0.717) is 6.54 Å². The minimum absolute atomic E-state index is 0.0957. The molecule has 0 saturated carbocycles. The molecule has 0 bridgehead atoms. The van der Waals surface area contributed by atoms with Gasteiger partial charge in [0.1, 0.15) is 5.54 Å². The van der Waals surface area contributed by atoms with Crippen LogP contribution in [0, 0.1) is 0 Å². The van der Waals surface area contributed by atoms with Crippen molar-refractivity contribution in [2.75, 3.05) is 7.05 Å². The molecule has 0 heterocycles. The van der Waals surface area contributed by atoms with Crippen molar-refractivity contribution in [3.8, 4) is 0 Å². The van der Waals surface area contributed by atoms with Crippen LogP contribution in [0.4, 0.5) is 0 Å². The van der Waals surface area contributed by atoms with Gasteiger partial charge in [0.15, 0.2) is 0 Å². The maximum atomic E-state index is 12.9. The second-order valence-electron chi connectivity index (χ2n) is 6.41. The zero-order valence-corrected chi connectivity index (χ0v) is 14.1. The molecule has 3 nitrogen and oxygen atoms in total. The second-order valence-corrected chi connectivity index (χ2v) is 6.41. The van der Waals surface area contributed by atoms with Crippen LogP contribution < -0.4 is 5.73 Å². The summed E-state index contributed by atoms with van der Waals surface area (Å²) in [6, 6.07) is 24.0. The Morgan fingerprint density at radius 1 is 0.958 bits per heavy atom. The average molecular weight is 318 g/mol. The summed E-state index contributed by atoms with van der Waals surface area (Å²) in [5.41, 5.74) is 7.28. The van der Waals surface area contributed by atoms with Gasteiger partial charge in [-0.2, -0.15) is 0 Å². The Morgan fingerprint density at radius 2 is 1.58 bits per heavy atom. The summed E-state index contributed by atoms with van der Waals surface area (Å²) < 4.78 is 0. The zero-order chi connectivity index (χ0) is 17.2. The van der Waals surface area contributed by atoms with E-state index in [-0.39, 0.29) is 5.91 Å². The highest BCUT2D eigenvalue weighted by Crippen LogP contribution is 2.25. The van der Waals surface area contributed by atoms with E-state index in [1.165, 1.54) is 0 Å². The van der Waals surface area contributed by atoms with Crippen molar-refractivity contribution < 1.29 is 4.79 Å². The fourth-order valence-corrected chi connectivity index (χ4v) is 2.96. The van der Waals surface area contributed by atoms with E-state index in [1.807, 2.05) is 66.7 Å². The molecule has 0 fully saturated rings. The van der Waals surface area contributed by atoms with E-state index < -0.39 is 5.54 Å². The van der Waals surface area contributed by atoms with Crippen molar-refractivity contribution in [1.82, 2.24) is 4.90 Å². The predicted octanol–water partition coefficient (Wildman–Crippen LogP) is 3.67. The summed E-state index contributed by atoms with van der Waals surface area (Å²) in [6.07, 6.45) is 0. The Bertz CT molecular complexity index is 856. The Kier molecular flexibility index (Phi) is 4.36. The van der Waals surface area contributed by atoms with E-state index >= 15 is 0 Å². The Hall–Kier alpha value is -2.65. The first-order valence-electron chi connectivity index (χ1n) is 8.06. The number of carbonyl (C=O) groups is 1. The highest BCUT2D eigenvalue weighted by Gasteiger charge is 2.33. The first kappa shape index (κ1) is 16.2. The van der Waals surface area contributed by atoms with Crippen LogP contribution in [0.5, 0.6) is 0 Å². The van der Waals surface area contributed by atoms with E-state index in [4.69, 9.17) is 5.73 Å². The van der Waals surface area contributed by atoms with E-state index in [0.717, 1.165) is 21.9 Å². The molecule has 3 aromatic rings. The number of rotatable bonds is 4. The molecule has 0 unspecified atom stereocenters. The van der Waals surface area contributed by atoms with Gasteiger partial charge in [0, 0.05) is 13.6 Å². The molecule has 1 atom stereocenters. The SMILES string of the molecule is CN(Cc1ccccc1)C(=O)[C@](C)(N)c1ccc2ccccc2c1. The van der Waals surface area contributed by atoms with Crippen LogP contribution in [0.25, 0.3) is 10.8 Å². The van der Waals surface area contributed by atoms with Gasteiger partial charge in [0.2, 0.25) is 5.91 Å². The molecule has 24 heavy (non-hydrogen) atoms. The molecule has 0 aliphatic carbocycles. The van der Waals surface area contributed by atoms with Crippen LogP contribution in [0.1, 0.15) is 18.1 Å². The third kappa shape index (κ3) is 3.17. The quantitative estimate of drug-likeness (QED) is 0.798. The summed E-state index contributed by atoms with van der Waals surface area (Å²) in [5, 5.41) is 2.23. The molecule has 0 saturated heterocycles. The first-order chi connectivity index (χ1) is 11.5. The molecular formula is C21H22N2O. The number of hydrogen-bond acceptors (Lipinski definition) is 2. The molecule has 0 aromatic heterocycles. The number of benzene rings is 3. The molecule has 3 rings (SSSR count). The van der Waals surface area contributed by atoms with Crippen LogP contribution in [0.3, 0.4) is 0 Å². The van der Waals surface area contributed by atoms with Crippen molar-refractivity contribution in [2.24, 2.45) is 5.73 Å². The van der Waals surface area contributed by atoms with Gasteiger partial charge in [-0.25, -0.2) is 0 Å². The monoisotopic (exact) mass is 318 g/mol. The fourth-order valence-electron chi connectivity index (χ4n) is 2.96. The fraction of sp³-hybridized carbons (Fsp3) is 0.190. The molecule has 0 aliphatic rings. The molecule has 0 aliphatic heterocycles. The summed E-state index contributed by atoms with van der Waals surface area (Å²) in [4.78, 5) is 14.6. The van der Waals surface area contributed by atoms with Crippen molar-refractivity contribution in [3.05, 3.63) is 83.9 Å². The lowest BCUT2D eigenvalue weighted by Crippen LogP contribution is -2.49. The standard InChI is InChI=1S/C21H22N2O/c1-21(22,19-13-12-17-10-6-7-11-18(17)14-19)20(24)23(2)15-16-8-4-3-5-9-16/h3-14H,15,22H2,1-2H3/t21-/m1/s1. The van der Waals surface area contributed by atoms with Gasteiger partial charge in [-0.05, 0) is 34.9 Å². The highest BCUT2D eigenvalue weighted by atomic mass is 16.2. The van der Waals surface area contributed by atoms with Crippen molar-refractivity contribution in [1.29, 1.82) is 0 Å². The lowest BCUT2D eigenvalue weighted by Gasteiger charge is -2.30. The number of amides is 1. The van der Waals surface area contributed by atoms with Gasteiger partial charge in [-0.1, -0.05) is 66.7 Å². The summed E-state index contributed by atoms with van der Waals surface area (Å²) in [6.45, 7) is 2.32. The third-order valence-electron chi connectivity index (χ3n) is 4.40. The summed E-state index contributed by atoms with van der Waals surface area (Å²) in [7, 11) is 1.79. The van der Waals surface area contributed by atoms with Gasteiger partial charge < -0.3 is 10.6 Å². The maximum Gasteiger partial charge on any atom is 0.247 e. The lowest BCUT2D eigenvalue weighted by molar-refractivity contribution is -0.136. The smallest absolute Gasteiger partial charge is 0.247 e. The van der Waals surface area contributed by atoms with Gasteiger partial charge in [-0.15, -0.1) is 0 Å². The topological polar surface area (TPSA) is 46.3 Å². The molecule has 1 amide bonds. The van der Waals surface area contributed by atoms with Crippen molar-refractivity contribution in [2.45, 2.75) is 19.0 Å². The number of fused-ring (bicyclic) bond motifs is 1. The lowest BCUT2D eigenvalue weighted by atomic mass is 9.90. The van der Waals surface area contributed by atoms with Crippen molar-refractivity contribution >= 4 is 16.7 Å². The predicted molar refractivity (Wildman–Crippen MR) is 98.4 cm³/mol. The largest absolute Gasteiger partial charge is 0.340 e. The van der Waals surface area contributed by atoms with Gasteiger partial charge in [0.05, 0.1) is 0 Å². The van der Waals surface area contributed by atoms with Crippen LogP contribution in [0.2, 0.25) is 0 Å². The van der Waals surface area contributed by atoms with Crippen LogP contribution in [-0.2, 0) is 16.9 Å². The summed E-state index contributed by atoms with van der Waals surface area (Å²) in [5.74, 6) is -0.0957. The Balaban J connectivity index is 1.85. The van der Waals surface area contributed by atoms with E-state index in [1.54, 1.807) is 18.9 Å². The van der Waals surface area contributed by atoms with Gasteiger partial charge in [-0.3, -0.25) is 4.79 Å². The number of nitrogens with zero attached hydrogens (tertiary/aromatic N) is 1. The van der Waals surface area contributed by atoms with Gasteiger partial charge in [0.25, 0.3) is 0 Å². The number of nitrogens with two attached hydrogens (primary N) is 1. The molecule has 0 radical (unpaired) electrons. The Labute approximate surface area is 142 Å². The molecule has 122 valence electrons. The van der Waals surface area contributed by atoms with Crippen molar-refractivity contribution in [3.63, 3.8) is 0 Å². The molecule has 3 heteroatoms. The molecular weight excluding hydrogens is 296 g/mol. The number of likely N-dealkylation sites (N-methyl/N-ethyl adjacent to an activating group) is 1. The normalized spacial score (nSPS) is 13.5. The third-order valence-corrected chi connectivity index (χ3v) is 4.40. The average Bonchev–Trinajstić information content (AvgIpc) is 2.61. The van der Waals surface area contributed by atoms with Crippen LogP contribution in [-0.4, -0.2) is 17.9 Å². The molecule has 2 N–H and O–H groups in total. The first-order valence-corrected chi connectivity index (χ1v) is 8.06. The minimum Gasteiger partial charge on any atom is -0.340 e. The van der Waals surface area contributed by atoms with Gasteiger partial charge >= 0.3 is 0 Å². The minimum atomic E-state index is -1.06. The molecule has 3 aromatic carbocycles. The second kappa shape index (κ2) is 6.46. The van der Waals surface area contributed by atoms with E-state index in [9.17, 15) is 4.79 Å². The van der Waals surface area contributed by atoms with E-state index in [2.05, 4.69) is 6.07 Å². The zero-order valence-electron chi connectivity index (χ0n) is 14.1. The highest BCUT2D eigenvalue weighted by molar-refractivity contribution is 5.90. The van der Waals surface area contributed by atoms with Crippen LogP contribution in [0.15, 0.2) is 72.8 Å².